The van der Waals surface area contributed by atoms with E-state index in [-0.39, 0.29) is 21.5 Å². The Morgan fingerprint density at radius 2 is 1.78 bits per heavy atom. The number of aryl methyl sites for hydroxylation is 1. The summed E-state index contributed by atoms with van der Waals surface area (Å²) in [6.45, 7) is 14.6. The van der Waals surface area contributed by atoms with E-state index in [2.05, 4.69) is 30.3 Å². The number of nitrogens with zero attached hydrogens (tertiary/aromatic N) is 7. The Kier molecular flexibility index (Phi) is 8.13. The molecule has 0 unspecified atom stereocenters. The quantitative estimate of drug-likeness (QED) is 0.323. The van der Waals surface area contributed by atoms with Crippen molar-refractivity contribution in [1.29, 1.82) is 0 Å². The third kappa shape index (κ3) is 5.11. The lowest BCUT2D eigenvalue weighted by Gasteiger charge is -2.45. The maximum absolute atomic E-state index is 15.2. The average molecular weight is 605 g/mol. The van der Waals surface area contributed by atoms with Crippen LogP contribution in [0.15, 0.2) is 29.6 Å². The van der Waals surface area contributed by atoms with Crippen LogP contribution in [-0.2, 0) is 4.79 Å². The Hall–Kier alpha value is -3.41. The zero-order valence-corrected chi connectivity index (χ0v) is 24.7. The summed E-state index contributed by atoms with van der Waals surface area (Å²) in [7, 11) is 0. The van der Waals surface area contributed by atoms with Crippen molar-refractivity contribution in [1.82, 2.24) is 24.3 Å². The zero-order chi connectivity index (χ0) is 29.6. The van der Waals surface area contributed by atoms with Crippen molar-refractivity contribution < 1.29 is 14.3 Å². The second-order valence-electron chi connectivity index (χ2n) is 10.2. The number of amides is 1. The van der Waals surface area contributed by atoms with Gasteiger partial charge in [0.1, 0.15) is 17.0 Å². The van der Waals surface area contributed by atoms with Crippen LogP contribution in [0.4, 0.5) is 16.2 Å². The van der Waals surface area contributed by atoms with Gasteiger partial charge in [-0.05, 0) is 38.2 Å². The molecule has 2 aliphatic rings. The minimum Gasteiger partial charge on any atom is -0.504 e. The van der Waals surface area contributed by atoms with Crippen LogP contribution >= 0.6 is 23.2 Å². The van der Waals surface area contributed by atoms with E-state index in [9.17, 15) is 14.7 Å². The van der Waals surface area contributed by atoms with E-state index in [4.69, 9.17) is 28.2 Å². The van der Waals surface area contributed by atoms with Crippen LogP contribution in [-0.4, -0.2) is 93.7 Å². The number of halogens is 3. The second kappa shape index (κ2) is 11.5. The highest BCUT2D eigenvalue weighted by molar-refractivity contribution is 6.36. The molecule has 2 saturated heterocycles. The first kappa shape index (κ1) is 29.1. The molecule has 0 spiro atoms. The molecule has 13 heteroatoms. The lowest BCUT2D eigenvalue weighted by atomic mass is 10.1. The summed E-state index contributed by atoms with van der Waals surface area (Å²) in [4.78, 5) is 43.9. The molecule has 2 fully saturated rings. The Bertz CT molecular complexity index is 1550. The molecule has 2 aliphatic heterocycles. The van der Waals surface area contributed by atoms with E-state index in [1.54, 1.807) is 17.9 Å². The van der Waals surface area contributed by atoms with Crippen molar-refractivity contribution in [2.45, 2.75) is 26.8 Å². The Balaban J connectivity index is 1.65. The highest BCUT2D eigenvalue weighted by Crippen LogP contribution is 2.38. The van der Waals surface area contributed by atoms with Crippen molar-refractivity contribution in [3.8, 4) is 11.4 Å². The molecule has 5 rings (SSSR count). The third-order valence-electron chi connectivity index (χ3n) is 7.91. The molecule has 218 valence electrons. The molecule has 1 aromatic carbocycles. The average Bonchev–Trinajstić information content (AvgIpc) is 2.94. The second-order valence-corrected chi connectivity index (χ2v) is 11.0. The van der Waals surface area contributed by atoms with E-state index in [1.165, 1.54) is 6.08 Å². The number of carbonyl (C=O) groups excluding carboxylic acids is 1. The number of pyridine rings is 1. The van der Waals surface area contributed by atoms with E-state index in [0.717, 1.165) is 23.7 Å². The van der Waals surface area contributed by atoms with Crippen LogP contribution in [0, 0.1) is 12.7 Å². The van der Waals surface area contributed by atoms with Gasteiger partial charge in [0, 0.05) is 51.0 Å². The molecule has 3 aromatic rings. The van der Waals surface area contributed by atoms with Crippen LogP contribution in [0.5, 0.6) is 5.75 Å². The highest BCUT2D eigenvalue weighted by Gasteiger charge is 2.34. The van der Waals surface area contributed by atoms with Crippen LogP contribution in [0.3, 0.4) is 0 Å². The van der Waals surface area contributed by atoms with Crippen molar-refractivity contribution in [3.63, 3.8) is 0 Å². The number of piperazine rings is 1. The number of benzene rings is 1. The molecule has 0 atom stereocenters. The van der Waals surface area contributed by atoms with Gasteiger partial charge in [0.05, 0.1) is 15.4 Å². The maximum atomic E-state index is 15.2. The molecule has 0 aliphatic carbocycles. The number of fused-ring (bicyclic) bond motifs is 1. The predicted molar refractivity (Wildman–Crippen MR) is 159 cm³/mol. The first-order valence-corrected chi connectivity index (χ1v) is 14.3. The van der Waals surface area contributed by atoms with Crippen LogP contribution in [0.25, 0.3) is 16.6 Å². The van der Waals surface area contributed by atoms with E-state index in [0.29, 0.717) is 68.2 Å². The molecule has 1 N–H and O–H groups in total. The Labute approximate surface area is 247 Å². The van der Waals surface area contributed by atoms with Crippen molar-refractivity contribution in [2.75, 3.05) is 62.2 Å². The van der Waals surface area contributed by atoms with Gasteiger partial charge in [-0.2, -0.15) is 4.98 Å². The third-order valence-corrected chi connectivity index (χ3v) is 8.47. The van der Waals surface area contributed by atoms with Crippen molar-refractivity contribution >= 4 is 51.8 Å². The van der Waals surface area contributed by atoms with Gasteiger partial charge in [-0.3, -0.25) is 19.1 Å². The number of phenols is 1. The van der Waals surface area contributed by atoms with Gasteiger partial charge < -0.3 is 19.8 Å². The summed E-state index contributed by atoms with van der Waals surface area (Å²) in [5.74, 6) is -0.757. The number of hydrogen-bond donors (Lipinski definition) is 1. The number of hydrogen-bond acceptors (Lipinski definition) is 8. The van der Waals surface area contributed by atoms with Gasteiger partial charge in [-0.1, -0.05) is 43.6 Å². The zero-order valence-electron chi connectivity index (χ0n) is 23.2. The summed E-state index contributed by atoms with van der Waals surface area (Å²) in [6, 6.07) is 3.12. The molecule has 1 amide bonds. The fourth-order valence-corrected chi connectivity index (χ4v) is 6.03. The molecular weight excluding hydrogens is 572 g/mol. The van der Waals surface area contributed by atoms with E-state index < -0.39 is 22.8 Å². The van der Waals surface area contributed by atoms with Crippen LogP contribution in [0.1, 0.15) is 19.5 Å². The standard InChI is InChI=1S/C28H32Cl2FN7O3/c1-5-21(39)35-8-10-36(11-9-35)26-18-12-16(4)38(24-22(31)19(29)13-20(30)25(24)40)27(41)23(18)32-28(33-26)37-14-17(15-37)34(6-2)7-3/h5,12-13,17,40H,1,6-11,14-15H2,2-4H3. The fourth-order valence-electron chi connectivity index (χ4n) is 5.58. The van der Waals surface area contributed by atoms with Crippen molar-refractivity contribution in [2.24, 2.45) is 0 Å². The molecule has 2 aromatic heterocycles. The number of likely N-dealkylation sites (N-methyl/N-ethyl adjacent to an activating group) is 1. The topological polar surface area (TPSA) is 98.0 Å². The number of aromatic nitrogens is 3. The largest absolute Gasteiger partial charge is 0.504 e. The predicted octanol–water partition coefficient (Wildman–Crippen LogP) is 3.61. The summed E-state index contributed by atoms with van der Waals surface area (Å²) in [5, 5.41) is 10.6. The van der Waals surface area contributed by atoms with Gasteiger partial charge in [0.15, 0.2) is 11.6 Å². The smallest absolute Gasteiger partial charge is 0.282 e. The molecule has 4 heterocycles. The van der Waals surface area contributed by atoms with Crippen LogP contribution in [0.2, 0.25) is 10.0 Å². The number of aromatic hydroxyl groups is 1. The number of carbonyl (C=O) groups is 1. The van der Waals surface area contributed by atoms with E-state index in [1.807, 2.05) is 9.80 Å². The fraction of sp³-hybridized carbons (Fsp3) is 0.429. The van der Waals surface area contributed by atoms with Crippen LogP contribution < -0.4 is 15.4 Å². The minimum absolute atomic E-state index is 0.0707. The number of rotatable bonds is 7. The van der Waals surface area contributed by atoms with Gasteiger partial charge in [-0.15, -0.1) is 0 Å². The van der Waals surface area contributed by atoms with Gasteiger partial charge >= 0.3 is 0 Å². The molecule has 41 heavy (non-hydrogen) atoms. The molecule has 0 bridgehead atoms. The lowest BCUT2D eigenvalue weighted by molar-refractivity contribution is -0.126. The molecule has 0 radical (unpaired) electrons. The normalized spacial score (nSPS) is 16.0. The minimum atomic E-state index is -0.972. The number of phenolic OH excluding ortho intramolecular Hbond substituents is 1. The first-order valence-electron chi connectivity index (χ1n) is 13.6. The number of anilines is 2. The SMILES string of the molecule is C=CC(=O)N1CCN(c2nc(N3CC(N(CC)CC)C3)nc3c(=O)n(-c4c(O)c(Cl)cc(Cl)c4F)c(C)cc23)CC1. The van der Waals surface area contributed by atoms with E-state index >= 15 is 4.39 Å². The first-order chi connectivity index (χ1) is 19.6. The Morgan fingerprint density at radius 3 is 2.39 bits per heavy atom. The summed E-state index contributed by atoms with van der Waals surface area (Å²) >= 11 is 12.1. The van der Waals surface area contributed by atoms with Gasteiger partial charge in [-0.25, -0.2) is 9.37 Å². The van der Waals surface area contributed by atoms with Gasteiger partial charge in [0.2, 0.25) is 11.9 Å². The highest BCUT2D eigenvalue weighted by atomic mass is 35.5. The maximum Gasteiger partial charge on any atom is 0.282 e. The molecule has 0 saturated carbocycles. The lowest BCUT2D eigenvalue weighted by Crippen LogP contribution is -2.60. The monoisotopic (exact) mass is 603 g/mol. The van der Waals surface area contributed by atoms with Gasteiger partial charge in [0.25, 0.3) is 5.56 Å². The summed E-state index contributed by atoms with van der Waals surface area (Å²) in [5.41, 5.74) is -0.672. The van der Waals surface area contributed by atoms with Crippen molar-refractivity contribution in [3.05, 3.63) is 56.7 Å². The summed E-state index contributed by atoms with van der Waals surface area (Å²) < 4.78 is 16.3. The molecular formula is C28H32Cl2FN7O3. The molecule has 10 nitrogen and oxygen atoms in total. The Morgan fingerprint density at radius 1 is 1.12 bits per heavy atom. The summed E-state index contributed by atoms with van der Waals surface area (Å²) in [6.07, 6.45) is 1.30.